The van der Waals surface area contributed by atoms with E-state index in [9.17, 15) is 4.79 Å². The van der Waals surface area contributed by atoms with Crippen molar-refractivity contribution >= 4 is 17.5 Å². The van der Waals surface area contributed by atoms with Crippen molar-refractivity contribution < 1.29 is 14.6 Å². The lowest BCUT2D eigenvalue weighted by Crippen LogP contribution is -2.38. The smallest absolute Gasteiger partial charge is 0.261 e. The molecule has 1 unspecified atom stereocenters. The van der Waals surface area contributed by atoms with Crippen molar-refractivity contribution in [3.05, 3.63) is 64.7 Å². The van der Waals surface area contributed by atoms with Crippen LogP contribution in [0.2, 0.25) is 5.02 Å². The second-order valence-electron chi connectivity index (χ2n) is 6.07. The molecule has 2 N–H and O–H groups in total. The number of ether oxygens (including phenoxy) is 1. The van der Waals surface area contributed by atoms with Crippen molar-refractivity contribution in [2.75, 3.05) is 0 Å². The van der Waals surface area contributed by atoms with Gasteiger partial charge in [-0.05, 0) is 48.7 Å². The van der Waals surface area contributed by atoms with Crippen LogP contribution in [-0.4, -0.2) is 23.2 Å². The average Bonchev–Trinajstić information content (AvgIpc) is 3.34. The quantitative estimate of drug-likeness (QED) is 0.844. The van der Waals surface area contributed by atoms with Crippen molar-refractivity contribution in [1.29, 1.82) is 0 Å². The van der Waals surface area contributed by atoms with Crippen LogP contribution in [0, 0.1) is 0 Å². The lowest BCUT2D eigenvalue weighted by Gasteiger charge is -2.15. The average molecular weight is 346 g/mol. The molecule has 1 aliphatic rings. The van der Waals surface area contributed by atoms with Crippen molar-refractivity contribution in [3.8, 4) is 5.75 Å². The van der Waals surface area contributed by atoms with E-state index in [1.165, 1.54) is 5.56 Å². The van der Waals surface area contributed by atoms with Crippen molar-refractivity contribution in [3.63, 3.8) is 0 Å². The van der Waals surface area contributed by atoms with Gasteiger partial charge in [-0.2, -0.15) is 0 Å². The van der Waals surface area contributed by atoms with Gasteiger partial charge in [0.05, 0.1) is 6.61 Å². The third-order valence-corrected chi connectivity index (χ3v) is 4.43. The van der Waals surface area contributed by atoms with Crippen LogP contribution in [-0.2, 0) is 11.4 Å². The van der Waals surface area contributed by atoms with Crippen LogP contribution < -0.4 is 10.1 Å². The maximum atomic E-state index is 12.3. The first-order valence-corrected chi connectivity index (χ1v) is 8.37. The Kier molecular flexibility index (Phi) is 5.07. The van der Waals surface area contributed by atoms with Gasteiger partial charge < -0.3 is 15.2 Å². The molecule has 3 atom stereocenters. The topological polar surface area (TPSA) is 58.6 Å². The van der Waals surface area contributed by atoms with Gasteiger partial charge >= 0.3 is 0 Å². The van der Waals surface area contributed by atoms with E-state index in [1.807, 2.05) is 24.3 Å². The van der Waals surface area contributed by atoms with Gasteiger partial charge in [0.25, 0.3) is 5.91 Å². The van der Waals surface area contributed by atoms with E-state index in [0.29, 0.717) is 16.7 Å². The SMILES string of the molecule is CC(Oc1cccc(CO)c1)C(=O)N[C@@H]1C[C@H]1c1ccc(Cl)cc1. The van der Waals surface area contributed by atoms with Crippen molar-refractivity contribution in [1.82, 2.24) is 5.32 Å². The first-order valence-electron chi connectivity index (χ1n) is 7.99. The summed E-state index contributed by atoms with van der Waals surface area (Å²) in [5.74, 6) is 0.788. The molecule has 2 aromatic carbocycles. The fraction of sp³-hybridized carbons (Fsp3) is 0.316. The highest BCUT2D eigenvalue weighted by Gasteiger charge is 2.40. The van der Waals surface area contributed by atoms with Gasteiger partial charge in [0.15, 0.2) is 6.10 Å². The minimum Gasteiger partial charge on any atom is -0.481 e. The summed E-state index contributed by atoms with van der Waals surface area (Å²) in [6.07, 6.45) is 0.338. The third kappa shape index (κ3) is 4.08. The predicted molar refractivity (Wildman–Crippen MR) is 93.2 cm³/mol. The molecule has 1 amide bonds. The van der Waals surface area contributed by atoms with Crippen LogP contribution in [0.15, 0.2) is 48.5 Å². The number of halogens is 1. The second-order valence-corrected chi connectivity index (χ2v) is 6.51. The van der Waals surface area contributed by atoms with E-state index < -0.39 is 6.10 Å². The molecule has 0 saturated heterocycles. The van der Waals surface area contributed by atoms with Crippen LogP contribution in [0.1, 0.15) is 30.4 Å². The van der Waals surface area contributed by atoms with Gasteiger partial charge in [0.2, 0.25) is 0 Å². The molecule has 2 aromatic rings. The van der Waals surface area contributed by atoms with E-state index in [0.717, 1.165) is 12.0 Å². The van der Waals surface area contributed by atoms with Gasteiger partial charge in [-0.3, -0.25) is 4.79 Å². The van der Waals surface area contributed by atoms with Gasteiger partial charge in [0.1, 0.15) is 5.75 Å². The van der Waals surface area contributed by atoms with E-state index in [1.54, 1.807) is 31.2 Å². The van der Waals surface area contributed by atoms with E-state index in [-0.39, 0.29) is 18.6 Å². The summed E-state index contributed by atoms with van der Waals surface area (Å²) in [7, 11) is 0. The normalized spacial score (nSPS) is 20.3. The number of aliphatic hydroxyl groups is 1. The predicted octanol–water partition coefficient (Wildman–Crippen LogP) is 3.27. The molecule has 0 bridgehead atoms. The number of benzene rings is 2. The molecule has 3 rings (SSSR count). The molecule has 0 spiro atoms. The minimum absolute atomic E-state index is 0.0530. The zero-order valence-electron chi connectivity index (χ0n) is 13.4. The molecule has 4 nitrogen and oxygen atoms in total. The lowest BCUT2D eigenvalue weighted by atomic mass is 10.1. The Morgan fingerprint density at radius 2 is 2.08 bits per heavy atom. The van der Waals surface area contributed by atoms with Gasteiger partial charge in [0, 0.05) is 17.0 Å². The summed E-state index contributed by atoms with van der Waals surface area (Å²) in [6, 6.07) is 15.0. The van der Waals surface area contributed by atoms with E-state index in [2.05, 4.69) is 5.32 Å². The number of rotatable bonds is 6. The number of nitrogens with one attached hydrogen (secondary N) is 1. The minimum atomic E-state index is -0.592. The molecule has 0 aromatic heterocycles. The molecule has 126 valence electrons. The van der Waals surface area contributed by atoms with Crippen LogP contribution in [0.4, 0.5) is 0 Å². The highest BCUT2D eigenvalue weighted by Crippen LogP contribution is 2.41. The number of hydrogen-bond acceptors (Lipinski definition) is 3. The highest BCUT2D eigenvalue weighted by molar-refractivity contribution is 6.30. The number of carbonyl (C=O) groups excluding carboxylic acids is 1. The van der Waals surface area contributed by atoms with Gasteiger partial charge in [-0.15, -0.1) is 0 Å². The number of aliphatic hydroxyl groups excluding tert-OH is 1. The third-order valence-electron chi connectivity index (χ3n) is 4.18. The summed E-state index contributed by atoms with van der Waals surface area (Å²) in [4.78, 5) is 12.3. The number of carbonyl (C=O) groups is 1. The Labute approximate surface area is 146 Å². The van der Waals surface area contributed by atoms with Gasteiger partial charge in [-0.1, -0.05) is 35.9 Å². The van der Waals surface area contributed by atoms with E-state index >= 15 is 0 Å². The molecule has 0 heterocycles. The van der Waals surface area contributed by atoms with E-state index in [4.69, 9.17) is 21.4 Å². The van der Waals surface area contributed by atoms with Gasteiger partial charge in [-0.25, -0.2) is 0 Å². The standard InChI is InChI=1S/C19H20ClNO3/c1-12(24-16-4-2-3-13(9-16)11-22)19(23)21-18-10-17(18)14-5-7-15(20)8-6-14/h2-9,12,17-18,22H,10-11H2,1H3,(H,21,23)/t12?,17-,18+/m0/s1. The second kappa shape index (κ2) is 7.24. The number of amides is 1. The summed E-state index contributed by atoms with van der Waals surface area (Å²) in [5.41, 5.74) is 1.94. The monoisotopic (exact) mass is 345 g/mol. The largest absolute Gasteiger partial charge is 0.481 e. The Morgan fingerprint density at radius 1 is 1.33 bits per heavy atom. The first-order chi connectivity index (χ1) is 11.6. The number of hydrogen-bond donors (Lipinski definition) is 2. The molecule has 1 saturated carbocycles. The molecule has 1 aliphatic carbocycles. The van der Waals surface area contributed by atoms with Crippen molar-refractivity contribution in [2.24, 2.45) is 0 Å². The zero-order valence-corrected chi connectivity index (χ0v) is 14.2. The Morgan fingerprint density at radius 3 is 2.79 bits per heavy atom. The van der Waals surface area contributed by atoms with Crippen LogP contribution in [0.5, 0.6) is 5.75 Å². The molecule has 5 heteroatoms. The molecule has 1 fully saturated rings. The van der Waals surface area contributed by atoms with Crippen LogP contribution >= 0.6 is 11.6 Å². The highest BCUT2D eigenvalue weighted by atomic mass is 35.5. The first kappa shape index (κ1) is 16.8. The summed E-state index contributed by atoms with van der Waals surface area (Å²) < 4.78 is 5.66. The Balaban J connectivity index is 1.52. The zero-order chi connectivity index (χ0) is 17.1. The molecular weight excluding hydrogens is 326 g/mol. The fourth-order valence-electron chi connectivity index (χ4n) is 2.71. The molecule has 0 radical (unpaired) electrons. The Bertz CT molecular complexity index is 717. The fourth-order valence-corrected chi connectivity index (χ4v) is 2.83. The van der Waals surface area contributed by atoms with Crippen molar-refractivity contribution in [2.45, 2.75) is 38.0 Å². The lowest BCUT2D eigenvalue weighted by molar-refractivity contribution is -0.127. The molecule has 0 aliphatic heterocycles. The molecule has 24 heavy (non-hydrogen) atoms. The summed E-state index contributed by atoms with van der Waals surface area (Å²) >= 11 is 5.90. The maximum absolute atomic E-state index is 12.3. The Hall–Kier alpha value is -2.04. The maximum Gasteiger partial charge on any atom is 0.261 e. The summed E-state index contributed by atoms with van der Waals surface area (Å²) in [5, 5.41) is 12.9. The van der Waals surface area contributed by atoms with Crippen LogP contribution in [0.25, 0.3) is 0 Å². The van der Waals surface area contributed by atoms with Crippen LogP contribution in [0.3, 0.4) is 0 Å². The summed E-state index contributed by atoms with van der Waals surface area (Å²) in [6.45, 7) is 1.67. The molecular formula is C19H20ClNO3.